The summed E-state index contributed by atoms with van der Waals surface area (Å²) in [7, 11) is 4.25. The predicted molar refractivity (Wildman–Crippen MR) is 107 cm³/mol. The van der Waals surface area contributed by atoms with Crippen molar-refractivity contribution in [1.29, 1.82) is 0 Å². The van der Waals surface area contributed by atoms with Gasteiger partial charge >= 0.3 is 0 Å². The molecule has 0 radical (unpaired) electrons. The fourth-order valence-corrected chi connectivity index (χ4v) is 3.71. The van der Waals surface area contributed by atoms with Crippen LogP contribution in [0.5, 0.6) is 0 Å². The summed E-state index contributed by atoms with van der Waals surface area (Å²) < 4.78 is 2.39. The Morgan fingerprint density at radius 1 is 0.840 bits per heavy atom. The minimum Gasteiger partial charge on any atom is -0.398 e. The van der Waals surface area contributed by atoms with Gasteiger partial charge in [-0.05, 0) is 31.6 Å². The van der Waals surface area contributed by atoms with Gasteiger partial charge in [-0.2, -0.15) is 4.57 Å². The number of hydrogen-bond acceptors (Lipinski definition) is 2. The lowest BCUT2D eigenvalue weighted by atomic mass is 9.98. The Bertz CT molecular complexity index is 1070. The van der Waals surface area contributed by atoms with Crippen LogP contribution in [0.3, 0.4) is 0 Å². The Morgan fingerprint density at radius 3 is 2.28 bits per heavy atom. The number of nitrogens with zero attached hydrogens (tertiary/aromatic N) is 2. The van der Waals surface area contributed by atoms with Crippen LogP contribution in [-0.2, 0) is 6.54 Å². The number of aryl methyl sites for hydroxylation is 1. The molecule has 1 aromatic heterocycles. The second-order valence-electron chi connectivity index (χ2n) is 6.97. The second-order valence-corrected chi connectivity index (χ2v) is 6.97. The van der Waals surface area contributed by atoms with Crippen molar-refractivity contribution in [3.63, 3.8) is 0 Å². The van der Waals surface area contributed by atoms with Gasteiger partial charge < -0.3 is 10.6 Å². The normalized spacial score (nSPS) is 11.8. The number of benzene rings is 3. The largest absolute Gasteiger partial charge is 0.398 e. The number of pyridine rings is 1. The van der Waals surface area contributed by atoms with E-state index in [9.17, 15) is 0 Å². The van der Waals surface area contributed by atoms with Crippen LogP contribution >= 0.6 is 0 Å². The maximum Gasteiger partial charge on any atom is 0.213 e. The zero-order valence-corrected chi connectivity index (χ0v) is 14.9. The van der Waals surface area contributed by atoms with Crippen molar-refractivity contribution in [2.24, 2.45) is 0 Å². The Labute approximate surface area is 148 Å². The monoisotopic (exact) mass is 330 g/mol. The van der Waals surface area contributed by atoms with Gasteiger partial charge in [-0.1, -0.05) is 36.4 Å². The molecule has 0 aliphatic rings. The molecule has 0 saturated heterocycles. The molecule has 0 saturated carbocycles. The quantitative estimate of drug-likeness (QED) is 0.349. The van der Waals surface area contributed by atoms with Crippen molar-refractivity contribution in [1.82, 2.24) is 4.90 Å². The van der Waals surface area contributed by atoms with Crippen molar-refractivity contribution in [2.45, 2.75) is 13.0 Å². The molecule has 3 nitrogen and oxygen atoms in total. The van der Waals surface area contributed by atoms with Gasteiger partial charge in [0.2, 0.25) is 5.52 Å². The molecule has 0 bridgehead atoms. The Morgan fingerprint density at radius 2 is 1.52 bits per heavy atom. The highest BCUT2D eigenvalue weighted by molar-refractivity contribution is 6.18. The average molecular weight is 330 g/mol. The van der Waals surface area contributed by atoms with E-state index in [1.54, 1.807) is 0 Å². The van der Waals surface area contributed by atoms with Crippen LogP contribution < -0.4 is 10.3 Å². The highest BCUT2D eigenvalue weighted by atomic mass is 15.1. The highest BCUT2D eigenvalue weighted by Crippen LogP contribution is 2.33. The highest BCUT2D eigenvalue weighted by Gasteiger charge is 2.16. The summed E-state index contributed by atoms with van der Waals surface area (Å²) in [6.45, 7) is 2.09. The van der Waals surface area contributed by atoms with Crippen molar-refractivity contribution in [3.05, 3.63) is 60.8 Å². The molecule has 4 aromatic rings. The minimum atomic E-state index is 0.846. The third-order valence-corrected chi connectivity index (χ3v) is 4.91. The van der Waals surface area contributed by atoms with Gasteiger partial charge in [-0.15, -0.1) is 0 Å². The van der Waals surface area contributed by atoms with Crippen LogP contribution in [-0.4, -0.2) is 25.5 Å². The molecule has 0 aliphatic carbocycles. The molecular weight excluding hydrogens is 306 g/mol. The average Bonchev–Trinajstić information content (AvgIpc) is 2.62. The number of fused-ring (bicyclic) bond motifs is 5. The number of hydrogen-bond donors (Lipinski definition) is 1. The summed E-state index contributed by atoms with van der Waals surface area (Å²) in [6.07, 6.45) is 3.43. The van der Waals surface area contributed by atoms with Gasteiger partial charge in [-0.3, -0.25) is 0 Å². The number of aromatic nitrogens is 1. The first-order chi connectivity index (χ1) is 12.1. The minimum absolute atomic E-state index is 0.846. The molecule has 2 N–H and O–H groups in total. The van der Waals surface area contributed by atoms with Gasteiger partial charge in [0.15, 0.2) is 6.20 Å². The fraction of sp³-hybridized carbons (Fsp3) is 0.227. The van der Waals surface area contributed by atoms with Crippen molar-refractivity contribution < 1.29 is 4.57 Å². The van der Waals surface area contributed by atoms with Gasteiger partial charge in [0.05, 0.1) is 10.8 Å². The molecule has 25 heavy (non-hydrogen) atoms. The first-order valence-corrected chi connectivity index (χ1v) is 8.82. The summed E-state index contributed by atoms with van der Waals surface area (Å²) >= 11 is 0. The summed E-state index contributed by atoms with van der Waals surface area (Å²) in [4.78, 5) is 2.24. The molecule has 126 valence electrons. The second kappa shape index (κ2) is 6.34. The first kappa shape index (κ1) is 15.9. The molecule has 0 amide bonds. The van der Waals surface area contributed by atoms with Gasteiger partial charge in [-0.25, -0.2) is 0 Å². The standard InChI is InChI=1S/C22H23N3/c1-24(2)12-7-13-25-15-20-16-8-3-4-9-17(16)21(23)14-19(20)18-10-5-6-11-22(18)25/h3-6,8-11,14-15,23H,7,12-13H2,1-2H3/p+1. The lowest BCUT2D eigenvalue weighted by Crippen LogP contribution is -2.35. The van der Waals surface area contributed by atoms with Crippen LogP contribution in [0.15, 0.2) is 60.8 Å². The number of rotatable bonds is 4. The summed E-state index contributed by atoms with van der Waals surface area (Å²) in [5, 5.41) is 6.13. The number of para-hydroxylation sites is 1. The Balaban J connectivity index is 2.01. The van der Waals surface area contributed by atoms with E-state index in [4.69, 9.17) is 5.73 Å². The number of nitrogen functional groups attached to an aromatic ring is 1. The third kappa shape index (κ3) is 2.81. The molecule has 0 unspecified atom stereocenters. The zero-order chi connectivity index (χ0) is 17.4. The summed E-state index contributed by atoms with van der Waals surface area (Å²) in [6, 6.07) is 19.2. The van der Waals surface area contributed by atoms with Crippen LogP contribution in [0.2, 0.25) is 0 Å². The molecule has 3 aromatic carbocycles. The summed E-state index contributed by atoms with van der Waals surface area (Å²) in [5.41, 5.74) is 8.47. The van der Waals surface area contributed by atoms with E-state index in [0.29, 0.717) is 0 Å². The van der Waals surface area contributed by atoms with E-state index in [2.05, 4.69) is 84.4 Å². The van der Waals surface area contributed by atoms with Gasteiger partial charge in [0.25, 0.3) is 0 Å². The van der Waals surface area contributed by atoms with Crippen LogP contribution in [0.4, 0.5) is 5.69 Å². The SMILES string of the molecule is CN(C)CCC[n+]1cc2c3ccccc3c(N)cc2c2ccccc21. The molecule has 0 spiro atoms. The number of anilines is 1. The van der Waals surface area contributed by atoms with E-state index >= 15 is 0 Å². The van der Waals surface area contributed by atoms with E-state index < -0.39 is 0 Å². The Hall–Kier alpha value is -2.65. The lowest BCUT2D eigenvalue weighted by molar-refractivity contribution is -0.670. The fourth-order valence-electron chi connectivity index (χ4n) is 3.71. The third-order valence-electron chi connectivity index (χ3n) is 4.91. The molecular formula is C22H24N3+. The topological polar surface area (TPSA) is 33.1 Å². The maximum absolute atomic E-state index is 6.35. The van der Waals surface area contributed by atoms with Gasteiger partial charge in [0, 0.05) is 35.5 Å². The predicted octanol–water partition coefficient (Wildman–Crippen LogP) is 3.97. The van der Waals surface area contributed by atoms with E-state index in [1.165, 1.54) is 27.1 Å². The Kier molecular flexibility index (Phi) is 4.02. The maximum atomic E-state index is 6.35. The van der Waals surface area contributed by atoms with E-state index in [1.807, 2.05) is 0 Å². The molecule has 0 fully saturated rings. The van der Waals surface area contributed by atoms with E-state index in [-0.39, 0.29) is 0 Å². The molecule has 0 aliphatic heterocycles. The van der Waals surface area contributed by atoms with Crippen LogP contribution in [0.25, 0.3) is 32.4 Å². The molecule has 4 rings (SSSR count). The van der Waals surface area contributed by atoms with E-state index in [0.717, 1.165) is 30.6 Å². The molecule has 0 atom stereocenters. The number of nitrogens with two attached hydrogens (primary N) is 1. The summed E-state index contributed by atoms with van der Waals surface area (Å²) in [5.74, 6) is 0. The molecule has 3 heteroatoms. The van der Waals surface area contributed by atoms with Crippen LogP contribution in [0, 0.1) is 0 Å². The van der Waals surface area contributed by atoms with Crippen LogP contribution in [0.1, 0.15) is 6.42 Å². The van der Waals surface area contributed by atoms with Crippen molar-refractivity contribution >= 4 is 38.1 Å². The smallest absolute Gasteiger partial charge is 0.213 e. The van der Waals surface area contributed by atoms with Crippen molar-refractivity contribution in [2.75, 3.05) is 26.4 Å². The lowest BCUT2D eigenvalue weighted by Gasteiger charge is -2.11. The first-order valence-electron chi connectivity index (χ1n) is 8.82. The van der Waals surface area contributed by atoms with Crippen molar-refractivity contribution in [3.8, 4) is 0 Å². The zero-order valence-electron chi connectivity index (χ0n) is 14.9. The molecule has 1 heterocycles. The van der Waals surface area contributed by atoms with Gasteiger partial charge in [0.1, 0.15) is 6.54 Å².